The summed E-state index contributed by atoms with van der Waals surface area (Å²) in [5.74, 6) is 0.0670. The molecule has 0 radical (unpaired) electrons. The lowest BCUT2D eigenvalue weighted by Gasteiger charge is -2.17. The van der Waals surface area contributed by atoms with E-state index >= 15 is 0 Å². The predicted molar refractivity (Wildman–Crippen MR) is 80.3 cm³/mol. The van der Waals surface area contributed by atoms with Gasteiger partial charge in [-0.25, -0.2) is 4.79 Å². The third-order valence-corrected chi connectivity index (χ3v) is 2.81. The Labute approximate surface area is 118 Å². The van der Waals surface area contributed by atoms with Crippen molar-refractivity contribution >= 4 is 23.3 Å². The summed E-state index contributed by atoms with van der Waals surface area (Å²) in [6.07, 6.45) is 0.738. The predicted octanol–water partition coefficient (Wildman–Crippen LogP) is 1.74. The first-order valence-electron chi connectivity index (χ1n) is 6.59. The van der Waals surface area contributed by atoms with Gasteiger partial charge in [0.05, 0.1) is 5.92 Å². The van der Waals surface area contributed by atoms with Gasteiger partial charge in [-0.05, 0) is 30.5 Å². The fourth-order valence-electron chi connectivity index (χ4n) is 1.94. The number of benzene rings is 1. The number of urea groups is 1. The second-order valence-corrected chi connectivity index (χ2v) is 5.12. The normalized spacial score (nSPS) is 12.0. The Morgan fingerprint density at radius 1 is 1.20 bits per heavy atom. The van der Waals surface area contributed by atoms with Gasteiger partial charge in [-0.1, -0.05) is 19.9 Å². The van der Waals surface area contributed by atoms with E-state index in [0.29, 0.717) is 23.8 Å². The van der Waals surface area contributed by atoms with Crippen molar-refractivity contribution in [3.63, 3.8) is 0 Å². The number of nitrogens with one attached hydrogen (secondary N) is 2. The first-order valence-corrected chi connectivity index (χ1v) is 6.59. The van der Waals surface area contributed by atoms with Crippen LogP contribution in [0.1, 0.15) is 20.3 Å². The third kappa shape index (κ3) is 5.27. The Bertz CT molecular complexity index is 474. The number of hydrogen-bond donors (Lipinski definition) is 4. The Morgan fingerprint density at radius 3 is 2.30 bits per heavy atom. The molecule has 110 valence electrons. The number of carbonyl (C=O) groups excluding carboxylic acids is 2. The molecule has 0 aliphatic heterocycles. The van der Waals surface area contributed by atoms with Gasteiger partial charge in [0.1, 0.15) is 0 Å². The molecule has 6 heteroatoms. The van der Waals surface area contributed by atoms with Crippen molar-refractivity contribution < 1.29 is 9.59 Å². The minimum absolute atomic E-state index is 0.113. The maximum atomic E-state index is 12.1. The van der Waals surface area contributed by atoms with Crippen LogP contribution in [0.4, 0.5) is 16.2 Å². The van der Waals surface area contributed by atoms with Gasteiger partial charge in [-0.15, -0.1) is 0 Å². The molecular formula is C14H22N4O2. The number of carbonyl (C=O) groups is 2. The van der Waals surface area contributed by atoms with Crippen molar-refractivity contribution in [1.82, 2.24) is 0 Å². The lowest BCUT2D eigenvalue weighted by molar-refractivity contribution is -0.120. The number of anilines is 2. The molecule has 1 aromatic carbocycles. The van der Waals surface area contributed by atoms with E-state index < -0.39 is 6.03 Å². The number of rotatable bonds is 6. The van der Waals surface area contributed by atoms with Gasteiger partial charge in [0.25, 0.3) is 0 Å². The van der Waals surface area contributed by atoms with E-state index in [9.17, 15) is 9.59 Å². The standard InChI is InChI=1S/C14H22N4O2/c1-9(2)6-10(8-15)13(19)17-11-4-3-5-12(7-11)18-14(16)20/h3-5,7,9-10H,6,8,15H2,1-2H3,(H,17,19)(H3,16,18,20). The van der Waals surface area contributed by atoms with E-state index in [-0.39, 0.29) is 11.8 Å². The molecule has 20 heavy (non-hydrogen) atoms. The van der Waals surface area contributed by atoms with Crippen molar-refractivity contribution in [2.24, 2.45) is 23.3 Å². The van der Waals surface area contributed by atoms with Crippen LogP contribution >= 0.6 is 0 Å². The summed E-state index contributed by atoms with van der Waals surface area (Å²) in [7, 11) is 0. The van der Waals surface area contributed by atoms with E-state index in [2.05, 4.69) is 10.6 Å². The first-order chi connectivity index (χ1) is 9.42. The topological polar surface area (TPSA) is 110 Å². The van der Waals surface area contributed by atoms with E-state index in [4.69, 9.17) is 11.5 Å². The maximum Gasteiger partial charge on any atom is 0.316 e. The molecule has 1 atom stereocenters. The molecular weight excluding hydrogens is 256 g/mol. The smallest absolute Gasteiger partial charge is 0.316 e. The van der Waals surface area contributed by atoms with Gasteiger partial charge in [0.2, 0.25) is 5.91 Å². The minimum atomic E-state index is -0.645. The largest absolute Gasteiger partial charge is 0.351 e. The number of hydrogen-bond acceptors (Lipinski definition) is 3. The van der Waals surface area contributed by atoms with E-state index in [0.717, 1.165) is 6.42 Å². The number of amides is 3. The summed E-state index contributed by atoms with van der Waals surface area (Å²) >= 11 is 0. The Balaban J connectivity index is 2.71. The Morgan fingerprint density at radius 2 is 1.80 bits per heavy atom. The third-order valence-electron chi connectivity index (χ3n) is 2.81. The van der Waals surface area contributed by atoms with Crippen molar-refractivity contribution in [2.75, 3.05) is 17.2 Å². The average molecular weight is 278 g/mol. The Hall–Kier alpha value is -2.08. The van der Waals surface area contributed by atoms with Gasteiger partial charge in [-0.2, -0.15) is 0 Å². The van der Waals surface area contributed by atoms with Crippen molar-refractivity contribution in [3.05, 3.63) is 24.3 Å². The van der Waals surface area contributed by atoms with Crippen molar-refractivity contribution in [1.29, 1.82) is 0 Å². The minimum Gasteiger partial charge on any atom is -0.351 e. The second kappa shape index (κ2) is 7.49. The zero-order valence-corrected chi connectivity index (χ0v) is 11.8. The number of nitrogens with two attached hydrogens (primary N) is 2. The monoisotopic (exact) mass is 278 g/mol. The zero-order valence-electron chi connectivity index (χ0n) is 11.8. The molecule has 1 rings (SSSR count). The fraction of sp³-hybridized carbons (Fsp3) is 0.429. The number of primary amides is 1. The van der Waals surface area contributed by atoms with Crippen LogP contribution in [-0.4, -0.2) is 18.5 Å². The van der Waals surface area contributed by atoms with E-state index in [1.54, 1.807) is 24.3 Å². The molecule has 0 saturated heterocycles. The molecule has 6 nitrogen and oxygen atoms in total. The summed E-state index contributed by atoms with van der Waals surface area (Å²) in [6.45, 7) is 4.41. The van der Waals surface area contributed by atoms with Crippen LogP contribution in [-0.2, 0) is 4.79 Å². The summed E-state index contributed by atoms with van der Waals surface area (Å²) in [6, 6.07) is 6.15. The molecule has 6 N–H and O–H groups in total. The molecule has 0 aromatic heterocycles. The van der Waals surface area contributed by atoms with E-state index in [1.807, 2.05) is 13.8 Å². The SMILES string of the molecule is CC(C)CC(CN)C(=O)Nc1cccc(NC(N)=O)c1. The summed E-state index contributed by atoms with van der Waals surface area (Å²) in [4.78, 5) is 22.9. The highest BCUT2D eigenvalue weighted by molar-refractivity contribution is 5.94. The molecule has 0 saturated carbocycles. The van der Waals surface area contributed by atoms with Crippen LogP contribution in [0.25, 0.3) is 0 Å². The molecule has 3 amide bonds. The van der Waals surface area contributed by atoms with Crippen LogP contribution in [0.15, 0.2) is 24.3 Å². The van der Waals surface area contributed by atoms with Crippen molar-refractivity contribution in [3.8, 4) is 0 Å². The molecule has 0 heterocycles. The first kappa shape index (κ1) is 16.0. The summed E-state index contributed by atoms with van der Waals surface area (Å²) < 4.78 is 0. The van der Waals surface area contributed by atoms with Crippen molar-refractivity contribution in [2.45, 2.75) is 20.3 Å². The second-order valence-electron chi connectivity index (χ2n) is 5.12. The van der Waals surface area contributed by atoms with Gasteiger partial charge < -0.3 is 22.1 Å². The summed E-state index contributed by atoms with van der Waals surface area (Å²) in [5, 5.41) is 5.26. The fourth-order valence-corrected chi connectivity index (χ4v) is 1.94. The van der Waals surface area contributed by atoms with Crippen LogP contribution in [0.5, 0.6) is 0 Å². The summed E-state index contributed by atoms with van der Waals surface area (Å²) in [5.41, 5.74) is 11.8. The van der Waals surface area contributed by atoms with Gasteiger partial charge in [-0.3, -0.25) is 4.79 Å². The van der Waals surface area contributed by atoms with Crippen LogP contribution in [0.3, 0.4) is 0 Å². The van der Waals surface area contributed by atoms with Crippen LogP contribution in [0, 0.1) is 11.8 Å². The zero-order chi connectivity index (χ0) is 15.1. The molecule has 1 unspecified atom stereocenters. The van der Waals surface area contributed by atoms with Crippen LogP contribution in [0.2, 0.25) is 0 Å². The molecule has 0 spiro atoms. The van der Waals surface area contributed by atoms with Gasteiger partial charge in [0, 0.05) is 17.9 Å². The molecule has 0 fully saturated rings. The van der Waals surface area contributed by atoms with Gasteiger partial charge >= 0.3 is 6.03 Å². The maximum absolute atomic E-state index is 12.1. The Kier molecular flexibility index (Phi) is 5.99. The quantitative estimate of drug-likeness (QED) is 0.636. The lowest BCUT2D eigenvalue weighted by Crippen LogP contribution is -2.30. The van der Waals surface area contributed by atoms with E-state index in [1.165, 1.54) is 0 Å². The van der Waals surface area contributed by atoms with Crippen LogP contribution < -0.4 is 22.1 Å². The molecule has 0 aliphatic carbocycles. The highest BCUT2D eigenvalue weighted by Crippen LogP contribution is 2.17. The highest BCUT2D eigenvalue weighted by atomic mass is 16.2. The molecule has 1 aromatic rings. The average Bonchev–Trinajstić information content (AvgIpc) is 2.35. The molecule has 0 bridgehead atoms. The lowest BCUT2D eigenvalue weighted by atomic mass is 9.96. The molecule has 0 aliphatic rings. The highest BCUT2D eigenvalue weighted by Gasteiger charge is 2.18. The van der Waals surface area contributed by atoms with Gasteiger partial charge in [0.15, 0.2) is 0 Å².